The molecule has 2 aromatic heterocycles. The minimum Gasteiger partial charge on any atom is -0.382 e. The van der Waals surface area contributed by atoms with Crippen LogP contribution in [0.1, 0.15) is 82.6 Å². The van der Waals surface area contributed by atoms with Gasteiger partial charge in [-0.05, 0) is 62.0 Å². The molecule has 0 radical (unpaired) electrons. The molecule has 0 bridgehead atoms. The van der Waals surface area contributed by atoms with Gasteiger partial charge in [-0.2, -0.15) is 0 Å². The van der Waals surface area contributed by atoms with Crippen molar-refractivity contribution in [1.82, 2.24) is 24.0 Å². The van der Waals surface area contributed by atoms with Crippen LogP contribution in [-0.4, -0.2) is 162 Å². The van der Waals surface area contributed by atoms with E-state index in [4.69, 9.17) is 47.6 Å². The van der Waals surface area contributed by atoms with Gasteiger partial charge in [-0.25, -0.2) is 9.78 Å². The monoisotopic (exact) mass is 940 g/mol. The van der Waals surface area contributed by atoms with E-state index in [0.29, 0.717) is 161 Å². The van der Waals surface area contributed by atoms with E-state index in [1.807, 2.05) is 35.2 Å². The molecule has 1 aromatic carbocycles. The Balaban J connectivity index is 0.830. The average molecular weight is 940 g/mol. The van der Waals surface area contributed by atoms with Gasteiger partial charge in [-0.15, -0.1) is 0 Å². The standard InChI is InChI=1S/C50H77N5O12/c1-59-22-23-61-26-27-63-30-31-65-34-35-67-37-36-66-33-32-64-29-28-62-25-24-60-21-20-53(44-17-18-44)45(56)19-14-40-12-15-43(16-13-40)47-51-46-48(52-47)54(38-41-8-4-2-5-9-41)50(58)55(49(46)57)39-42-10-6-3-7-11-42/h12-16,19,41-42,44H,2-11,17-18,20-39H2,1H3,(H,51,52)/b19-14+. The zero-order chi connectivity index (χ0) is 46.7. The van der Waals surface area contributed by atoms with Crippen LogP contribution in [0.5, 0.6) is 0 Å². The maximum absolute atomic E-state index is 14.0. The molecule has 3 aliphatic rings. The summed E-state index contributed by atoms with van der Waals surface area (Å²) in [6.45, 7) is 9.99. The fourth-order valence-corrected chi connectivity index (χ4v) is 8.71. The smallest absolute Gasteiger partial charge is 0.332 e. The number of rotatable bonds is 35. The van der Waals surface area contributed by atoms with Crippen molar-refractivity contribution < 1.29 is 47.4 Å². The van der Waals surface area contributed by atoms with Gasteiger partial charge < -0.3 is 52.5 Å². The molecule has 3 fully saturated rings. The second-order valence-corrected chi connectivity index (χ2v) is 17.7. The van der Waals surface area contributed by atoms with Crippen LogP contribution in [0, 0.1) is 11.8 Å². The van der Waals surface area contributed by atoms with Crippen LogP contribution in [0.15, 0.2) is 39.9 Å². The van der Waals surface area contributed by atoms with Crippen molar-refractivity contribution in [3.8, 4) is 11.4 Å². The van der Waals surface area contributed by atoms with Gasteiger partial charge in [0, 0.05) is 44.4 Å². The summed E-state index contributed by atoms with van der Waals surface area (Å²) in [5, 5.41) is 0. The lowest BCUT2D eigenvalue weighted by Gasteiger charge is -2.24. The lowest BCUT2D eigenvalue weighted by Crippen LogP contribution is -2.42. The Morgan fingerprint density at radius 2 is 1.06 bits per heavy atom. The Hall–Kier alpha value is -3.78. The van der Waals surface area contributed by atoms with Crippen LogP contribution in [0.3, 0.4) is 0 Å². The normalized spacial score (nSPS) is 16.2. The number of aromatic nitrogens is 4. The fourth-order valence-electron chi connectivity index (χ4n) is 8.71. The van der Waals surface area contributed by atoms with E-state index in [-0.39, 0.29) is 23.2 Å². The van der Waals surface area contributed by atoms with Crippen molar-refractivity contribution >= 4 is 23.1 Å². The number of nitrogens with one attached hydrogen (secondary N) is 1. The van der Waals surface area contributed by atoms with E-state index < -0.39 is 0 Å². The number of nitrogens with zero attached hydrogens (tertiary/aromatic N) is 4. The highest BCUT2D eigenvalue weighted by molar-refractivity contribution is 5.92. The number of aromatic amines is 1. The molecular weight excluding hydrogens is 863 g/mol. The minimum absolute atomic E-state index is 0.0443. The highest BCUT2D eigenvalue weighted by Gasteiger charge is 2.31. The predicted molar refractivity (Wildman–Crippen MR) is 255 cm³/mol. The summed E-state index contributed by atoms with van der Waals surface area (Å²) in [6, 6.07) is 7.98. The maximum Gasteiger partial charge on any atom is 0.332 e. The van der Waals surface area contributed by atoms with Crippen molar-refractivity contribution in [2.45, 2.75) is 96.2 Å². The number of carbonyl (C=O) groups is 1. The largest absolute Gasteiger partial charge is 0.382 e. The van der Waals surface area contributed by atoms with Crippen molar-refractivity contribution in [2.75, 3.05) is 126 Å². The first kappa shape index (κ1) is 52.6. The number of hydrogen-bond donors (Lipinski definition) is 1. The van der Waals surface area contributed by atoms with Crippen LogP contribution >= 0.6 is 0 Å². The van der Waals surface area contributed by atoms with Gasteiger partial charge in [-0.1, -0.05) is 62.8 Å². The molecule has 1 N–H and O–H groups in total. The molecule has 17 heteroatoms. The van der Waals surface area contributed by atoms with Gasteiger partial charge >= 0.3 is 5.69 Å². The molecule has 0 saturated heterocycles. The quantitative estimate of drug-likeness (QED) is 0.0579. The van der Waals surface area contributed by atoms with E-state index in [1.54, 1.807) is 17.8 Å². The van der Waals surface area contributed by atoms with Crippen molar-refractivity contribution in [1.29, 1.82) is 0 Å². The van der Waals surface area contributed by atoms with E-state index in [0.717, 1.165) is 62.5 Å². The Morgan fingerprint density at radius 3 is 1.52 bits per heavy atom. The lowest BCUT2D eigenvalue weighted by molar-refractivity contribution is -0.127. The van der Waals surface area contributed by atoms with E-state index in [9.17, 15) is 14.4 Å². The van der Waals surface area contributed by atoms with E-state index in [2.05, 4.69) is 4.98 Å². The first-order valence-electron chi connectivity index (χ1n) is 24.9. The van der Waals surface area contributed by atoms with Crippen LogP contribution in [-0.2, 0) is 60.5 Å². The molecule has 3 saturated carbocycles. The highest BCUT2D eigenvalue weighted by Crippen LogP contribution is 2.29. The Bertz CT molecular complexity index is 1990. The van der Waals surface area contributed by atoms with Crippen LogP contribution < -0.4 is 11.2 Å². The molecule has 3 aromatic rings. The highest BCUT2D eigenvalue weighted by atomic mass is 16.6. The van der Waals surface area contributed by atoms with Gasteiger partial charge in [0.2, 0.25) is 5.91 Å². The summed E-state index contributed by atoms with van der Waals surface area (Å²) < 4.78 is 52.4. The molecule has 374 valence electrons. The van der Waals surface area contributed by atoms with Gasteiger partial charge in [0.25, 0.3) is 5.56 Å². The molecule has 17 nitrogen and oxygen atoms in total. The number of carbonyl (C=O) groups excluding carboxylic acids is 1. The SMILES string of the molecule is COCCOCCOCCOCCOCCOCCOCCOCCOCCN(C(=O)/C=C/c1ccc(-c2nc3c([nH]2)c(=O)n(CC2CCCCC2)c(=O)n3CC2CCCCC2)cc1)C1CC1. The number of amides is 1. The van der Waals surface area contributed by atoms with Crippen molar-refractivity contribution in [3.05, 3.63) is 56.7 Å². The third kappa shape index (κ3) is 18.6. The van der Waals surface area contributed by atoms with Crippen LogP contribution in [0.4, 0.5) is 0 Å². The number of methoxy groups -OCH3 is 1. The summed E-state index contributed by atoms with van der Waals surface area (Å²) >= 11 is 0. The van der Waals surface area contributed by atoms with Crippen LogP contribution in [0.25, 0.3) is 28.6 Å². The number of H-pyrrole nitrogens is 1. The summed E-state index contributed by atoms with van der Waals surface area (Å²) in [5.41, 5.74) is 1.99. The summed E-state index contributed by atoms with van der Waals surface area (Å²) in [5.74, 6) is 1.25. The average Bonchev–Trinajstić information content (AvgIpc) is 4.10. The molecule has 2 heterocycles. The van der Waals surface area contributed by atoms with Crippen molar-refractivity contribution in [2.24, 2.45) is 11.8 Å². The molecule has 0 atom stereocenters. The third-order valence-corrected chi connectivity index (χ3v) is 12.6. The van der Waals surface area contributed by atoms with Crippen molar-refractivity contribution in [3.63, 3.8) is 0 Å². The third-order valence-electron chi connectivity index (χ3n) is 12.6. The second kappa shape index (κ2) is 30.7. The number of benzene rings is 1. The molecule has 6 rings (SSSR count). The zero-order valence-corrected chi connectivity index (χ0v) is 40.0. The summed E-state index contributed by atoms with van der Waals surface area (Å²) in [4.78, 5) is 51.2. The number of fused-ring (bicyclic) bond motifs is 1. The second-order valence-electron chi connectivity index (χ2n) is 17.7. The molecular formula is C50H77N5O12. The predicted octanol–water partition coefficient (Wildman–Crippen LogP) is 5.50. The molecule has 3 aliphatic carbocycles. The number of hydrogen-bond acceptors (Lipinski definition) is 13. The maximum atomic E-state index is 14.0. The number of ether oxygens (including phenoxy) is 9. The van der Waals surface area contributed by atoms with Gasteiger partial charge in [0.05, 0.1) is 112 Å². The Kier molecular flexibility index (Phi) is 24.1. The fraction of sp³-hybridized carbons (Fsp3) is 0.720. The van der Waals surface area contributed by atoms with Crippen LogP contribution in [0.2, 0.25) is 0 Å². The van der Waals surface area contributed by atoms with E-state index >= 15 is 0 Å². The van der Waals surface area contributed by atoms with Gasteiger partial charge in [0.15, 0.2) is 5.65 Å². The zero-order valence-electron chi connectivity index (χ0n) is 40.0. The molecule has 0 unspecified atom stereocenters. The number of imidazole rings is 1. The molecule has 67 heavy (non-hydrogen) atoms. The minimum atomic E-state index is -0.284. The first-order valence-corrected chi connectivity index (χ1v) is 24.9. The topological polar surface area (TPSA) is 176 Å². The molecule has 1 amide bonds. The summed E-state index contributed by atoms with van der Waals surface area (Å²) in [6.07, 6.45) is 16.8. The van der Waals surface area contributed by atoms with E-state index in [1.165, 1.54) is 30.3 Å². The Labute approximate surface area is 395 Å². The Morgan fingerprint density at radius 1 is 0.612 bits per heavy atom. The first-order chi connectivity index (χ1) is 33.0. The summed E-state index contributed by atoms with van der Waals surface area (Å²) in [7, 11) is 1.64. The molecule has 0 aliphatic heterocycles. The molecule has 0 spiro atoms. The van der Waals surface area contributed by atoms with Gasteiger partial charge in [-0.3, -0.25) is 18.7 Å². The van der Waals surface area contributed by atoms with Gasteiger partial charge in [0.1, 0.15) is 11.3 Å². The lowest BCUT2D eigenvalue weighted by atomic mass is 9.89.